The van der Waals surface area contributed by atoms with E-state index in [1.165, 1.54) is 11.1 Å². The van der Waals surface area contributed by atoms with E-state index >= 15 is 0 Å². The minimum atomic E-state index is 0.671. The maximum atomic E-state index is 5.21. The van der Waals surface area contributed by atoms with Gasteiger partial charge in [0.05, 0.1) is 6.54 Å². The fourth-order valence-electron chi connectivity index (χ4n) is 1.82. The van der Waals surface area contributed by atoms with Crippen LogP contribution in [-0.4, -0.2) is 16.7 Å². The van der Waals surface area contributed by atoms with Crippen LogP contribution in [0, 0.1) is 6.92 Å². The van der Waals surface area contributed by atoms with E-state index in [0.29, 0.717) is 12.4 Å². The first-order chi connectivity index (χ1) is 8.78. The van der Waals surface area contributed by atoms with E-state index in [-0.39, 0.29) is 0 Å². The van der Waals surface area contributed by atoms with Crippen molar-refractivity contribution in [3.63, 3.8) is 0 Å². The third kappa shape index (κ3) is 3.67. The molecule has 0 aliphatic carbocycles. The second-order valence-corrected chi connectivity index (χ2v) is 4.37. The Morgan fingerprint density at radius 2 is 2.17 bits per heavy atom. The fraction of sp³-hybridized carbons (Fsp3) is 0.429. The van der Waals surface area contributed by atoms with Gasteiger partial charge in [0.2, 0.25) is 5.89 Å². The molecule has 0 fully saturated rings. The number of rotatable bonds is 6. The van der Waals surface area contributed by atoms with E-state index in [1.807, 2.05) is 0 Å². The van der Waals surface area contributed by atoms with Gasteiger partial charge in [-0.2, -0.15) is 4.98 Å². The maximum absolute atomic E-state index is 5.21. The quantitative estimate of drug-likeness (QED) is 0.848. The molecule has 1 aromatic carbocycles. The molecule has 2 aromatic rings. The van der Waals surface area contributed by atoms with E-state index in [2.05, 4.69) is 53.6 Å². The van der Waals surface area contributed by atoms with Gasteiger partial charge in [-0.05, 0) is 25.5 Å². The number of hydrogen-bond acceptors (Lipinski definition) is 4. The molecule has 2 rings (SSSR count). The van der Waals surface area contributed by atoms with Crippen molar-refractivity contribution < 1.29 is 4.52 Å². The Bertz CT molecular complexity index is 493. The van der Waals surface area contributed by atoms with E-state index < -0.39 is 0 Å². The maximum Gasteiger partial charge on any atom is 0.227 e. The third-order valence-corrected chi connectivity index (χ3v) is 2.75. The molecule has 0 bridgehead atoms. The third-order valence-electron chi connectivity index (χ3n) is 2.75. The summed E-state index contributed by atoms with van der Waals surface area (Å²) in [4.78, 5) is 4.34. The van der Waals surface area contributed by atoms with Gasteiger partial charge in [0, 0.05) is 6.42 Å². The molecule has 0 aliphatic heterocycles. The van der Waals surface area contributed by atoms with Crippen LogP contribution in [0.3, 0.4) is 0 Å². The largest absolute Gasteiger partial charge is 0.339 e. The van der Waals surface area contributed by atoms with Crippen molar-refractivity contribution in [2.75, 3.05) is 6.54 Å². The van der Waals surface area contributed by atoms with Crippen molar-refractivity contribution in [1.29, 1.82) is 0 Å². The SMILES string of the molecule is CCNCc1noc(CCc2cccc(C)c2)n1. The summed E-state index contributed by atoms with van der Waals surface area (Å²) >= 11 is 0. The second kappa shape index (κ2) is 6.31. The van der Waals surface area contributed by atoms with E-state index in [9.17, 15) is 0 Å². The van der Waals surface area contributed by atoms with Crippen LogP contribution in [0.2, 0.25) is 0 Å². The van der Waals surface area contributed by atoms with Gasteiger partial charge in [0.15, 0.2) is 5.82 Å². The summed E-state index contributed by atoms with van der Waals surface area (Å²) in [6.45, 7) is 5.74. The highest BCUT2D eigenvalue weighted by molar-refractivity contribution is 5.22. The monoisotopic (exact) mass is 245 g/mol. The Balaban J connectivity index is 1.88. The average molecular weight is 245 g/mol. The number of benzene rings is 1. The van der Waals surface area contributed by atoms with Crippen molar-refractivity contribution >= 4 is 0 Å². The van der Waals surface area contributed by atoms with Crippen LogP contribution in [0.25, 0.3) is 0 Å². The van der Waals surface area contributed by atoms with Crippen LogP contribution >= 0.6 is 0 Å². The number of nitrogens with one attached hydrogen (secondary N) is 1. The Morgan fingerprint density at radius 3 is 2.94 bits per heavy atom. The molecule has 1 aromatic heterocycles. The second-order valence-electron chi connectivity index (χ2n) is 4.37. The molecule has 4 nitrogen and oxygen atoms in total. The van der Waals surface area contributed by atoms with Crippen LogP contribution in [0.5, 0.6) is 0 Å². The minimum absolute atomic E-state index is 0.671. The van der Waals surface area contributed by atoms with Crippen molar-refractivity contribution in [1.82, 2.24) is 15.5 Å². The number of aromatic nitrogens is 2. The summed E-state index contributed by atoms with van der Waals surface area (Å²) in [5.74, 6) is 1.44. The zero-order valence-corrected chi connectivity index (χ0v) is 10.9. The van der Waals surface area contributed by atoms with Gasteiger partial charge in [0.25, 0.3) is 0 Å². The lowest BCUT2D eigenvalue weighted by atomic mass is 10.1. The van der Waals surface area contributed by atoms with Gasteiger partial charge >= 0.3 is 0 Å². The first kappa shape index (κ1) is 12.8. The summed E-state index contributed by atoms with van der Waals surface area (Å²) in [6.07, 6.45) is 1.73. The normalized spacial score (nSPS) is 10.8. The lowest BCUT2D eigenvalue weighted by molar-refractivity contribution is 0.371. The van der Waals surface area contributed by atoms with Crippen molar-refractivity contribution in [2.45, 2.75) is 33.2 Å². The summed E-state index contributed by atoms with van der Waals surface area (Å²) in [5.41, 5.74) is 2.59. The summed E-state index contributed by atoms with van der Waals surface area (Å²) in [6, 6.07) is 8.50. The molecular weight excluding hydrogens is 226 g/mol. The Morgan fingerprint density at radius 1 is 1.28 bits per heavy atom. The molecule has 0 radical (unpaired) electrons. The van der Waals surface area contributed by atoms with Gasteiger partial charge < -0.3 is 9.84 Å². The zero-order valence-electron chi connectivity index (χ0n) is 10.9. The minimum Gasteiger partial charge on any atom is -0.339 e. The Kier molecular flexibility index (Phi) is 4.47. The lowest BCUT2D eigenvalue weighted by Crippen LogP contribution is -2.12. The van der Waals surface area contributed by atoms with E-state index in [1.54, 1.807) is 0 Å². The lowest BCUT2D eigenvalue weighted by Gasteiger charge is -1.99. The standard InChI is InChI=1S/C14H19N3O/c1-3-15-10-13-16-14(18-17-13)8-7-12-6-4-5-11(2)9-12/h4-6,9,15H,3,7-8,10H2,1-2H3. The molecule has 0 unspecified atom stereocenters. The Hall–Kier alpha value is -1.68. The van der Waals surface area contributed by atoms with Gasteiger partial charge in [-0.25, -0.2) is 0 Å². The molecule has 0 atom stereocenters. The topological polar surface area (TPSA) is 51.0 Å². The molecule has 18 heavy (non-hydrogen) atoms. The summed E-state index contributed by atoms with van der Waals surface area (Å²) in [7, 11) is 0. The highest BCUT2D eigenvalue weighted by Gasteiger charge is 2.05. The smallest absolute Gasteiger partial charge is 0.227 e. The number of hydrogen-bond donors (Lipinski definition) is 1. The van der Waals surface area contributed by atoms with E-state index in [0.717, 1.165) is 25.2 Å². The average Bonchev–Trinajstić information content (AvgIpc) is 2.82. The molecule has 0 spiro atoms. The molecular formula is C14H19N3O. The first-order valence-electron chi connectivity index (χ1n) is 6.35. The van der Waals surface area contributed by atoms with Crippen LogP contribution < -0.4 is 5.32 Å². The number of nitrogens with zero attached hydrogens (tertiary/aromatic N) is 2. The van der Waals surface area contributed by atoms with Crippen LogP contribution in [0.1, 0.15) is 29.8 Å². The fourth-order valence-corrected chi connectivity index (χ4v) is 1.82. The molecule has 96 valence electrons. The highest BCUT2D eigenvalue weighted by Crippen LogP contribution is 2.08. The predicted octanol–water partition coefficient (Wildman–Crippen LogP) is 2.27. The molecule has 0 amide bonds. The van der Waals surface area contributed by atoms with Gasteiger partial charge in [-0.3, -0.25) is 0 Å². The molecule has 0 saturated carbocycles. The molecule has 0 saturated heterocycles. The molecule has 4 heteroatoms. The van der Waals surface area contributed by atoms with Crippen molar-refractivity contribution in [3.05, 3.63) is 47.1 Å². The van der Waals surface area contributed by atoms with Crippen LogP contribution in [0.4, 0.5) is 0 Å². The highest BCUT2D eigenvalue weighted by atomic mass is 16.5. The van der Waals surface area contributed by atoms with Crippen molar-refractivity contribution in [2.24, 2.45) is 0 Å². The van der Waals surface area contributed by atoms with Crippen LogP contribution in [0.15, 0.2) is 28.8 Å². The van der Waals surface area contributed by atoms with Crippen LogP contribution in [-0.2, 0) is 19.4 Å². The number of aryl methyl sites for hydroxylation is 3. The molecule has 1 N–H and O–H groups in total. The Labute approximate surface area is 107 Å². The summed E-state index contributed by atoms with van der Waals surface area (Å²) < 4.78 is 5.21. The molecule has 1 heterocycles. The predicted molar refractivity (Wildman–Crippen MR) is 70.3 cm³/mol. The van der Waals surface area contributed by atoms with Gasteiger partial charge in [-0.1, -0.05) is 41.9 Å². The van der Waals surface area contributed by atoms with E-state index in [4.69, 9.17) is 4.52 Å². The zero-order chi connectivity index (χ0) is 12.8. The molecule has 0 aliphatic rings. The van der Waals surface area contributed by atoms with Gasteiger partial charge in [0.1, 0.15) is 0 Å². The first-order valence-corrected chi connectivity index (χ1v) is 6.35. The van der Waals surface area contributed by atoms with Crippen molar-refractivity contribution in [3.8, 4) is 0 Å². The summed E-state index contributed by atoms with van der Waals surface area (Å²) in [5, 5.41) is 7.11. The van der Waals surface area contributed by atoms with Gasteiger partial charge in [-0.15, -0.1) is 0 Å².